The molecule has 0 saturated carbocycles. The van der Waals surface area contributed by atoms with Crippen molar-refractivity contribution in [2.45, 2.75) is 38.1 Å². The largest absolute Gasteiger partial charge is 0.481 e. The summed E-state index contributed by atoms with van der Waals surface area (Å²) < 4.78 is 16.0. The van der Waals surface area contributed by atoms with Gasteiger partial charge < -0.3 is 14.4 Å². The summed E-state index contributed by atoms with van der Waals surface area (Å²) >= 11 is 3.33. The third-order valence-electron chi connectivity index (χ3n) is 5.95. The van der Waals surface area contributed by atoms with E-state index in [9.17, 15) is 19.1 Å². The predicted octanol–water partition coefficient (Wildman–Crippen LogP) is 4.03. The Morgan fingerprint density at radius 2 is 2.07 bits per heavy atom. The first-order valence-electron chi connectivity index (χ1n) is 9.86. The molecule has 1 N–H and O–H groups in total. The molecular weight excluding hydrogens is 451 g/mol. The number of amides is 1. The normalized spacial score (nSPS) is 15.8. The van der Waals surface area contributed by atoms with Gasteiger partial charge in [0.25, 0.3) is 0 Å². The summed E-state index contributed by atoms with van der Waals surface area (Å²) in [5.41, 5.74) is 4.74. The molecule has 7 heteroatoms. The zero-order chi connectivity index (χ0) is 21.4. The number of aromatic nitrogens is 1. The third kappa shape index (κ3) is 3.86. The summed E-state index contributed by atoms with van der Waals surface area (Å²) in [6.45, 7) is 0. The summed E-state index contributed by atoms with van der Waals surface area (Å²) in [6.07, 6.45) is 4.35. The Hall–Kier alpha value is -2.67. The van der Waals surface area contributed by atoms with Gasteiger partial charge in [-0.2, -0.15) is 0 Å². The second-order valence-corrected chi connectivity index (χ2v) is 8.60. The number of likely N-dealkylation sites (N-methyl/N-ethyl adjacent to an activating group) is 1. The van der Waals surface area contributed by atoms with Gasteiger partial charge in [-0.15, -0.1) is 0 Å². The van der Waals surface area contributed by atoms with Crippen molar-refractivity contribution < 1.29 is 19.1 Å². The molecule has 4 rings (SSSR count). The molecule has 0 saturated heterocycles. The minimum absolute atomic E-state index is 0.000870. The van der Waals surface area contributed by atoms with Gasteiger partial charge in [0.15, 0.2) is 0 Å². The number of fused-ring (bicyclic) bond motifs is 3. The van der Waals surface area contributed by atoms with E-state index in [2.05, 4.69) is 20.3 Å². The summed E-state index contributed by atoms with van der Waals surface area (Å²) in [6, 6.07) is 10.2. The summed E-state index contributed by atoms with van der Waals surface area (Å²) in [5.74, 6) is -1.21. The van der Waals surface area contributed by atoms with E-state index in [1.165, 1.54) is 12.1 Å². The number of carboxylic acids is 1. The first-order valence-corrected chi connectivity index (χ1v) is 10.7. The number of pyridine rings is 1. The van der Waals surface area contributed by atoms with Gasteiger partial charge in [-0.3, -0.25) is 9.59 Å². The molecule has 1 atom stereocenters. The lowest BCUT2D eigenvalue weighted by molar-refractivity contribution is -0.136. The molecule has 2 aromatic heterocycles. The first kappa shape index (κ1) is 20.6. The molecule has 0 aliphatic heterocycles. The lowest BCUT2D eigenvalue weighted by Crippen LogP contribution is -2.41. The minimum Gasteiger partial charge on any atom is -0.481 e. The van der Waals surface area contributed by atoms with Gasteiger partial charge in [0.2, 0.25) is 5.91 Å². The van der Waals surface area contributed by atoms with Crippen LogP contribution in [0.4, 0.5) is 4.39 Å². The summed E-state index contributed by atoms with van der Waals surface area (Å²) in [7, 11) is 1.81. The van der Waals surface area contributed by atoms with E-state index in [1.807, 2.05) is 31.4 Å². The van der Waals surface area contributed by atoms with Gasteiger partial charge in [0, 0.05) is 41.4 Å². The monoisotopic (exact) mass is 472 g/mol. The number of nitrogens with zero attached hydrogens (tertiary/aromatic N) is 2. The van der Waals surface area contributed by atoms with E-state index < -0.39 is 5.97 Å². The molecule has 2 heterocycles. The molecule has 1 aromatic carbocycles. The van der Waals surface area contributed by atoms with Crippen LogP contribution in [0.1, 0.15) is 28.8 Å². The fourth-order valence-corrected chi connectivity index (χ4v) is 4.88. The number of carbonyl (C=O) groups excluding carboxylic acids is 1. The van der Waals surface area contributed by atoms with Crippen molar-refractivity contribution in [1.82, 2.24) is 9.30 Å². The fraction of sp³-hybridized carbons (Fsp3) is 0.304. The van der Waals surface area contributed by atoms with E-state index in [0.29, 0.717) is 10.9 Å². The van der Waals surface area contributed by atoms with Crippen LogP contribution in [0, 0.1) is 5.82 Å². The van der Waals surface area contributed by atoms with Crippen LogP contribution >= 0.6 is 15.9 Å². The van der Waals surface area contributed by atoms with Crippen LogP contribution in [0.25, 0.3) is 5.52 Å². The van der Waals surface area contributed by atoms with Gasteiger partial charge >= 0.3 is 5.97 Å². The van der Waals surface area contributed by atoms with Crippen molar-refractivity contribution in [3.63, 3.8) is 0 Å². The van der Waals surface area contributed by atoms with Crippen molar-refractivity contribution in [3.05, 3.63) is 75.3 Å². The first-order chi connectivity index (χ1) is 14.3. The topological polar surface area (TPSA) is 62.0 Å². The Balaban J connectivity index is 1.58. The van der Waals surface area contributed by atoms with Gasteiger partial charge in [-0.05, 0) is 53.8 Å². The summed E-state index contributed by atoms with van der Waals surface area (Å²) in [4.78, 5) is 26.1. The number of carboxylic acid groups (broad SMARTS) is 1. The van der Waals surface area contributed by atoms with Gasteiger partial charge in [0.05, 0.1) is 12.8 Å². The molecule has 30 heavy (non-hydrogen) atoms. The number of rotatable bonds is 5. The Morgan fingerprint density at radius 1 is 1.27 bits per heavy atom. The van der Waals surface area contributed by atoms with Gasteiger partial charge in [-0.1, -0.05) is 28.1 Å². The van der Waals surface area contributed by atoms with Crippen molar-refractivity contribution in [1.29, 1.82) is 0 Å². The molecule has 0 bridgehead atoms. The Bertz CT molecular complexity index is 1140. The smallest absolute Gasteiger partial charge is 0.307 e. The molecule has 156 valence electrons. The van der Waals surface area contributed by atoms with Crippen molar-refractivity contribution in [2.75, 3.05) is 7.05 Å². The molecule has 0 unspecified atom stereocenters. The predicted molar refractivity (Wildman–Crippen MR) is 115 cm³/mol. The maximum atomic E-state index is 13.3. The van der Waals surface area contributed by atoms with Crippen LogP contribution in [-0.4, -0.2) is 39.4 Å². The third-order valence-corrected chi connectivity index (χ3v) is 6.69. The molecule has 0 radical (unpaired) electrons. The maximum absolute atomic E-state index is 13.3. The van der Waals surface area contributed by atoms with Crippen LogP contribution in [0.2, 0.25) is 0 Å². The van der Waals surface area contributed by atoms with Gasteiger partial charge in [-0.25, -0.2) is 4.39 Å². The van der Waals surface area contributed by atoms with E-state index in [-0.39, 0.29) is 30.6 Å². The standard InChI is InChI=1S/C23H22BrFN2O3/c1-26(22(28)10-14-5-6-15(25)11-19(14)24)16-7-8-17-18(13-23(29)30)20-4-2-3-9-27(20)21(17)12-16/h2-6,9,11,16H,7-8,10,12-13H2,1H3,(H,29,30)/t16-/m1/s1. The van der Waals surface area contributed by atoms with E-state index >= 15 is 0 Å². The Kier molecular flexibility index (Phi) is 5.64. The van der Waals surface area contributed by atoms with Crippen molar-refractivity contribution >= 4 is 33.3 Å². The van der Waals surface area contributed by atoms with Crippen LogP contribution in [0.15, 0.2) is 47.1 Å². The van der Waals surface area contributed by atoms with Crippen molar-refractivity contribution in [3.8, 4) is 0 Å². The zero-order valence-electron chi connectivity index (χ0n) is 16.6. The minimum atomic E-state index is -0.839. The van der Waals surface area contributed by atoms with Crippen LogP contribution in [0.5, 0.6) is 0 Å². The van der Waals surface area contributed by atoms with Crippen molar-refractivity contribution in [2.24, 2.45) is 0 Å². The lowest BCUT2D eigenvalue weighted by Gasteiger charge is -2.32. The number of aliphatic carboxylic acids is 1. The van der Waals surface area contributed by atoms with E-state index in [4.69, 9.17) is 0 Å². The highest BCUT2D eigenvalue weighted by Crippen LogP contribution is 2.32. The molecule has 1 amide bonds. The summed E-state index contributed by atoms with van der Waals surface area (Å²) in [5, 5.41) is 9.35. The lowest BCUT2D eigenvalue weighted by atomic mass is 9.89. The average Bonchev–Trinajstić information content (AvgIpc) is 3.02. The number of hydrogen-bond donors (Lipinski definition) is 1. The molecule has 1 aliphatic rings. The molecule has 5 nitrogen and oxygen atoms in total. The van der Waals surface area contributed by atoms with Gasteiger partial charge in [0.1, 0.15) is 5.82 Å². The van der Waals surface area contributed by atoms with Crippen LogP contribution in [0.3, 0.4) is 0 Å². The quantitative estimate of drug-likeness (QED) is 0.609. The number of halogens is 2. The van der Waals surface area contributed by atoms with Crippen LogP contribution < -0.4 is 0 Å². The maximum Gasteiger partial charge on any atom is 0.307 e. The molecule has 1 aliphatic carbocycles. The molecule has 3 aromatic rings. The Labute approximate surface area is 182 Å². The highest BCUT2D eigenvalue weighted by atomic mass is 79.9. The average molecular weight is 473 g/mol. The highest BCUT2D eigenvalue weighted by molar-refractivity contribution is 9.10. The Morgan fingerprint density at radius 3 is 2.80 bits per heavy atom. The fourth-order valence-electron chi connectivity index (χ4n) is 4.39. The second kappa shape index (κ2) is 8.22. The van der Waals surface area contributed by atoms with Crippen LogP contribution in [-0.2, 0) is 35.3 Å². The molecule has 0 fully saturated rings. The highest BCUT2D eigenvalue weighted by Gasteiger charge is 2.30. The number of benzene rings is 1. The van der Waals surface area contributed by atoms with E-state index in [1.54, 1.807) is 11.0 Å². The van der Waals surface area contributed by atoms with E-state index in [0.717, 1.165) is 40.7 Å². The SMILES string of the molecule is CN(C(=O)Cc1ccc(F)cc1Br)[C@@H]1CCc2c(CC(=O)O)c3ccccn3c2C1. The zero-order valence-corrected chi connectivity index (χ0v) is 18.2. The number of carbonyl (C=O) groups is 2. The molecular formula is C23H22BrFN2O3. The number of hydrogen-bond acceptors (Lipinski definition) is 2. The second-order valence-electron chi connectivity index (χ2n) is 7.74. The molecule has 0 spiro atoms.